The minimum Gasteiger partial charge on any atom is -0.382 e. The van der Waals surface area contributed by atoms with Gasteiger partial charge in [0.15, 0.2) is 5.16 Å². The standard InChI is InChI=1S/C9H14N6S/c1-14-7-11-12-9(14)16-6-2-4-15-5-3-8(10)13-15/h3,5,7H,2,4,6H2,1H3,(H2,10,13). The predicted molar refractivity (Wildman–Crippen MR) is 63.0 cm³/mol. The summed E-state index contributed by atoms with van der Waals surface area (Å²) in [6.07, 6.45) is 4.62. The summed E-state index contributed by atoms with van der Waals surface area (Å²) in [4.78, 5) is 0. The van der Waals surface area contributed by atoms with Crippen LogP contribution in [-0.2, 0) is 13.6 Å². The van der Waals surface area contributed by atoms with Crippen LogP contribution in [0.4, 0.5) is 5.82 Å². The molecule has 16 heavy (non-hydrogen) atoms. The van der Waals surface area contributed by atoms with Crippen LogP contribution in [0.25, 0.3) is 0 Å². The molecule has 2 aromatic rings. The van der Waals surface area contributed by atoms with E-state index in [0.717, 1.165) is 23.9 Å². The first-order valence-electron chi connectivity index (χ1n) is 5.01. The minimum atomic E-state index is 0.570. The SMILES string of the molecule is Cn1cnnc1SCCCn1ccc(N)n1. The highest BCUT2D eigenvalue weighted by molar-refractivity contribution is 7.99. The Morgan fingerprint density at radius 2 is 2.38 bits per heavy atom. The number of nitrogen functional groups attached to an aromatic ring is 1. The molecule has 2 N–H and O–H groups in total. The Hall–Kier alpha value is -1.50. The number of nitrogens with zero attached hydrogens (tertiary/aromatic N) is 5. The second-order valence-corrected chi connectivity index (χ2v) is 4.49. The third kappa shape index (κ3) is 2.75. The Morgan fingerprint density at radius 3 is 3.00 bits per heavy atom. The number of hydrogen-bond donors (Lipinski definition) is 1. The number of hydrogen-bond acceptors (Lipinski definition) is 5. The molecule has 86 valence electrons. The van der Waals surface area contributed by atoms with Gasteiger partial charge in [0.2, 0.25) is 0 Å². The van der Waals surface area contributed by atoms with Gasteiger partial charge in [-0.2, -0.15) is 5.10 Å². The second-order valence-electron chi connectivity index (χ2n) is 3.43. The summed E-state index contributed by atoms with van der Waals surface area (Å²) in [6, 6.07) is 1.80. The number of thioether (sulfide) groups is 1. The normalized spacial score (nSPS) is 10.8. The molecule has 0 unspecified atom stereocenters. The maximum atomic E-state index is 5.52. The number of aromatic nitrogens is 5. The Balaban J connectivity index is 1.71. The van der Waals surface area contributed by atoms with Crippen molar-refractivity contribution in [1.82, 2.24) is 24.5 Å². The Kier molecular flexibility index (Phi) is 3.45. The van der Waals surface area contributed by atoms with E-state index in [1.807, 2.05) is 22.5 Å². The summed E-state index contributed by atoms with van der Waals surface area (Å²) in [7, 11) is 1.94. The molecular weight excluding hydrogens is 224 g/mol. The molecule has 2 heterocycles. The van der Waals surface area contributed by atoms with E-state index in [4.69, 9.17) is 5.73 Å². The van der Waals surface area contributed by atoms with E-state index in [9.17, 15) is 0 Å². The number of nitrogens with two attached hydrogens (primary N) is 1. The van der Waals surface area contributed by atoms with Crippen LogP contribution in [0.3, 0.4) is 0 Å². The number of rotatable bonds is 5. The lowest BCUT2D eigenvalue weighted by molar-refractivity contribution is 0.608. The summed E-state index contributed by atoms with van der Waals surface area (Å²) in [5, 5.41) is 12.9. The van der Waals surface area contributed by atoms with Crippen molar-refractivity contribution in [2.45, 2.75) is 18.1 Å². The van der Waals surface area contributed by atoms with Crippen LogP contribution in [0.5, 0.6) is 0 Å². The summed E-state index contributed by atoms with van der Waals surface area (Å²) in [6.45, 7) is 0.877. The van der Waals surface area contributed by atoms with Crippen molar-refractivity contribution < 1.29 is 0 Å². The van der Waals surface area contributed by atoms with Crippen LogP contribution >= 0.6 is 11.8 Å². The highest BCUT2D eigenvalue weighted by Gasteiger charge is 2.01. The van der Waals surface area contributed by atoms with E-state index < -0.39 is 0 Å². The fraction of sp³-hybridized carbons (Fsp3) is 0.444. The molecule has 0 amide bonds. The zero-order valence-corrected chi connectivity index (χ0v) is 9.89. The lowest BCUT2D eigenvalue weighted by Crippen LogP contribution is -2.01. The molecule has 2 rings (SSSR count). The van der Waals surface area contributed by atoms with Gasteiger partial charge in [-0.05, 0) is 12.5 Å². The number of anilines is 1. The van der Waals surface area contributed by atoms with Crippen molar-refractivity contribution in [3.8, 4) is 0 Å². The first-order valence-corrected chi connectivity index (χ1v) is 6.00. The maximum Gasteiger partial charge on any atom is 0.190 e. The average molecular weight is 238 g/mol. The molecule has 7 heteroatoms. The van der Waals surface area contributed by atoms with Gasteiger partial charge in [0.25, 0.3) is 0 Å². The molecule has 0 spiro atoms. The summed E-state index contributed by atoms with van der Waals surface area (Å²) >= 11 is 1.70. The largest absolute Gasteiger partial charge is 0.382 e. The highest BCUT2D eigenvalue weighted by atomic mass is 32.2. The van der Waals surface area contributed by atoms with Gasteiger partial charge in [-0.3, -0.25) is 4.68 Å². The summed E-state index contributed by atoms with van der Waals surface area (Å²) < 4.78 is 3.77. The van der Waals surface area contributed by atoms with E-state index in [2.05, 4.69) is 15.3 Å². The molecule has 0 radical (unpaired) electrons. The third-order valence-electron chi connectivity index (χ3n) is 2.09. The van der Waals surface area contributed by atoms with Crippen molar-refractivity contribution in [1.29, 1.82) is 0 Å². The van der Waals surface area contributed by atoms with E-state index in [1.54, 1.807) is 24.2 Å². The van der Waals surface area contributed by atoms with Crippen LogP contribution in [0.1, 0.15) is 6.42 Å². The van der Waals surface area contributed by atoms with Crippen molar-refractivity contribution in [3.05, 3.63) is 18.6 Å². The van der Waals surface area contributed by atoms with Crippen LogP contribution in [0, 0.1) is 0 Å². The van der Waals surface area contributed by atoms with Crippen LogP contribution < -0.4 is 5.73 Å². The average Bonchev–Trinajstić information content (AvgIpc) is 2.83. The Bertz CT molecular complexity index is 448. The first kappa shape index (κ1) is 11.0. The molecule has 0 aliphatic heterocycles. The Labute approximate surface area is 97.8 Å². The summed E-state index contributed by atoms with van der Waals surface area (Å²) in [5.74, 6) is 1.56. The molecule has 0 saturated heterocycles. The van der Waals surface area contributed by atoms with Gasteiger partial charge in [-0.25, -0.2) is 0 Å². The molecule has 6 nitrogen and oxygen atoms in total. The van der Waals surface area contributed by atoms with E-state index >= 15 is 0 Å². The molecule has 0 saturated carbocycles. The molecule has 0 bridgehead atoms. The van der Waals surface area contributed by atoms with E-state index in [1.165, 1.54) is 0 Å². The monoisotopic (exact) mass is 238 g/mol. The molecule has 0 aromatic carbocycles. The molecule has 0 atom stereocenters. The second kappa shape index (κ2) is 5.02. The van der Waals surface area contributed by atoms with Gasteiger partial charge < -0.3 is 10.3 Å². The van der Waals surface area contributed by atoms with Crippen LogP contribution in [0.15, 0.2) is 23.7 Å². The molecule has 0 fully saturated rings. The first-order chi connectivity index (χ1) is 7.75. The van der Waals surface area contributed by atoms with E-state index in [-0.39, 0.29) is 0 Å². The third-order valence-corrected chi connectivity index (χ3v) is 3.21. The van der Waals surface area contributed by atoms with Gasteiger partial charge >= 0.3 is 0 Å². The smallest absolute Gasteiger partial charge is 0.190 e. The van der Waals surface area contributed by atoms with Gasteiger partial charge in [-0.15, -0.1) is 10.2 Å². The lowest BCUT2D eigenvalue weighted by atomic mass is 10.5. The maximum absolute atomic E-state index is 5.52. The van der Waals surface area contributed by atoms with Gasteiger partial charge in [0.1, 0.15) is 12.1 Å². The molecular formula is C9H14N6S. The van der Waals surface area contributed by atoms with Gasteiger partial charge in [0, 0.05) is 25.5 Å². The number of aryl methyl sites for hydroxylation is 2. The van der Waals surface area contributed by atoms with Gasteiger partial charge in [0.05, 0.1) is 0 Å². The van der Waals surface area contributed by atoms with Crippen molar-refractivity contribution in [2.24, 2.45) is 7.05 Å². The topological polar surface area (TPSA) is 74.5 Å². The fourth-order valence-electron chi connectivity index (χ4n) is 1.30. The zero-order valence-electron chi connectivity index (χ0n) is 9.08. The van der Waals surface area contributed by atoms with Gasteiger partial charge in [-0.1, -0.05) is 11.8 Å². The highest BCUT2D eigenvalue weighted by Crippen LogP contribution is 2.14. The lowest BCUT2D eigenvalue weighted by Gasteiger charge is -2.01. The van der Waals surface area contributed by atoms with Crippen molar-refractivity contribution >= 4 is 17.6 Å². The van der Waals surface area contributed by atoms with Crippen molar-refractivity contribution in [3.63, 3.8) is 0 Å². The van der Waals surface area contributed by atoms with Crippen LogP contribution in [0.2, 0.25) is 0 Å². The summed E-state index contributed by atoms with van der Waals surface area (Å²) in [5.41, 5.74) is 5.52. The molecule has 0 aliphatic rings. The predicted octanol–water partition coefficient (Wildman–Crippen LogP) is 0.776. The van der Waals surface area contributed by atoms with E-state index in [0.29, 0.717) is 5.82 Å². The Morgan fingerprint density at radius 1 is 1.50 bits per heavy atom. The minimum absolute atomic E-state index is 0.570. The zero-order chi connectivity index (χ0) is 11.4. The quantitative estimate of drug-likeness (QED) is 0.615. The molecule has 2 aromatic heterocycles. The molecule has 0 aliphatic carbocycles. The van der Waals surface area contributed by atoms with Crippen molar-refractivity contribution in [2.75, 3.05) is 11.5 Å². The van der Waals surface area contributed by atoms with Crippen LogP contribution in [-0.4, -0.2) is 30.3 Å². The fourth-order valence-corrected chi connectivity index (χ4v) is 2.11.